The van der Waals surface area contributed by atoms with Crippen LogP contribution in [0, 0.1) is 5.82 Å². The number of fused-ring (bicyclic) bond motifs is 1. The maximum Gasteiger partial charge on any atom is 0.205 e. The zero-order valence-corrected chi connectivity index (χ0v) is 13.8. The van der Waals surface area contributed by atoms with Gasteiger partial charge in [-0.15, -0.1) is 0 Å². The number of nitrogens with two attached hydrogens (primary N) is 1. The summed E-state index contributed by atoms with van der Waals surface area (Å²) in [7, 11) is 0. The van der Waals surface area contributed by atoms with Crippen LogP contribution in [-0.4, -0.2) is 9.55 Å². The predicted octanol–water partition coefficient (Wildman–Crippen LogP) is 4.93. The molecule has 7 heteroatoms. The minimum absolute atomic E-state index is 0.252. The Kier molecular flexibility index (Phi) is 3.48. The molecule has 2 N–H and O–H groups in total. The third-order valence-electron chi connectivity index (χ3n) is 2.87. The van der Waals surface area contributed by atoms with E-state index < -0.39 is 0 Å². The van der Waals surface area contributed by atoms with Gasteiger partial charge < -0.3 is 5.73 Å². The van der Waals surface area contributed by atoms with Gasteiger partial charge in [-0.05, 0) is 40.2 Å². The number of rotatable bonds is 1. The van der Waals surface area contributed by atoms with Crippen molar-refractivity contribution in [3.8, 4) is 5.69 Å². The van der Waals surface area contributed by atoms with E-state index in [4.69, 9.17) is 17.3 Å². The van der Waals surface area contributed by atoms with E-state index in [0.717, 1.165) is 4.47 Å². The molecule has 0 aliphatic carbocycles. The van der Waals surface area contributed by atoms with Gasteiger partial charge in [0, 0.05) is 10.5 Å². The van der Waals surface area contributed by atoms with Crippen LogP contribution < -0.4 is 5.73 Å². The second-order valence-electron chi connectivity index (χ2n) is 4.16. The summed E-state index contributed by atoms with van der Waals surface area (Å²) >= 11 is 12.8. The number of halogens is 4. The Bertz CT molecular complexity index is 832. The van der Waals surface area contributed by atoms with Crippen LogP contribution in [0.2, 0.25) is 5.02 Å². The van der Waals surface area contributed by atoms with Crippen LogP contribution in [0.5, 0.6) is 0 Å². The summed E-state index contributed by atoms with van der Waals surface area (Å²) in [5.41, 5.74) is 7.78. The minimum Gasteiger partial charge on any atom is -0.369 e. The highest BCUT2D eigenvalue weighted by Crippen LogP contribution is 2.32. The van der Waals surface area contributed by atoms with Crippen molar-refractivity contribution in [2.75, 3.05) is 5.73 Å². The van der Waals surface area contributed by atoms with Gasteiger partial charge in [-0.3, -0.25) is 4.57 Å². The molecule has 1 heterocycles. The number of nitrogens with zero attached hydrogens (tertiary/aromatic N) is 2. The third kappa shape index (κ3) is 2.21. The Morgan fingerprint density at radius 1 is 1.20 bits per heavy atom. The van der Waals surface area contributed by atoms with Crippen LogP contribution in [-0.2, 0) is 0 Å². The smallest absolute Gasteiger partial charge is 0.205 e. The van der Waals surface area contributed by atoms with E-state index in [-0.39, 0.29) is 11.8 Å². The standard InChI is InChI=1S/C13H7Br2ClFN3/c14-6-1-2-11(8(16)3-6)20-12-4-7(15)9(17)5-10(12)19-13(20)18/h1-5H,(H2,18,19). The van der Waals surface area contributed by atoms with E-state index in [1.807, 2.05) is 12.1 Å². The quantitative estimate of drug-likeness (QED) is 0.608. The van der Waals surface area contributed by atoms with E-state index in [1.54, 1.807) is 16.7 Å². The van der Waals surface area contributed by atoms with Gasteiger partial charge in [-0.2, -0.15) is 0 Å². The van der Waals surface area contributed by atoms with Crippen LogP contribution in [0.1, 0.15) is 0 Å². The number of aromatic nitrogens is 2. The number of nitrogen functional groups attached to an aromatic ring is 1. The topological polar surface area (TPSA) is 43.8 Å². The monoisotopic (exact) mass is 417 g/mol. The lowest BCUT2D eigenvalue weighted by Gasteiger charge is -2.09. The maximum atomic E-state index is 13.6. The molecule has 0 aliphatic heterocycles. The van der Waals surface area contributed by atoms with Crippen LogP contribution >= 0.6 is 43.5 Å². The van der Waals surface area contributed by atoms with Crippen LogP contribution in [0.15, 0.2) is 39.3 Å². The lowest BCUT2D eigenvalue weighted by atomic mass is 10.2. The van der Waals surface area contributed by atoms with E-state index in [9.17, 15) is 4.39 Å². The van der Waals surface area contributed by atoms with Crippen molar-refractivity contribution in [3.63, 3.8) is 0 Å². The van der Waals surface area contributed by atoms with Gasteiger partial charge >= 0.3 is 0 Å². The number of hydrogen-bond donors (Lipinski definition) is 1. The van der Waals surface area contributed by atoms with Crippen LogP contribution in [0.4, 0.5) is 10.3 Å². The van der Waals surface area contributed by atoms with E-state index in [2.05, 4.69) is 36.8 Å². The van der Waals surface area contributed by atoms with Crippen molar-refractivity contribution < 1.29 is 4.39 Å². The molecule has 0 saturated carbocycles. The molecule has 0 aliphatic rings. The molecule has 2 aromatic carbocycles. The summed E-state index contributed by atoms with van der Waals surface area (Å²) in [5.74, 6) is -0.134. The summed E-state index contributed by atoms with van der Waals surface area (Å²) < 4.78 is 16.5. The van der Waals surface area contributed by atoms with Crippen molar-refractivity contribution in [2.24, 2.45) is 0 Å². The highest BCUT2D eigenvalue weighted by molar-refractivity contribution is 9.10. The van der Waals surface area contributed by atoms with Crippen molar-refractivity contribution in [3.05, 3.63) is 50.1 Å². The first-order chi connectivity index (χ1) is 9.47. The first-order valence-corrected chi connectivity index (χ1v) is 7.52. The second kappa shape index (κ2) is 5.02. The number of hydrogen-bond acceptors (Lipinski definition) is 2. The zero-order valence-electron chi connectivity index (χ0n) is 9.87. The Hall–Kier alpha value is -1.11. The highest BCUT2D eigenvalue weighted by Gasteiger charge is 2.15. The molecule has 0 spiro atoms. The summed E-state index contributed by atoms with van der Waals surface area (Å²) in [6.45, 7) is 0. The van der Waals surface area contributed by atoms with E-state index >= 15 is 0 Å². The lowest BCUT2D eigenvalue weighted by molar-refractivity contribution is 0.623. The molecule has 0 unspecified atom stereocenters. The summed E-state index contributed by atoms with van der Waals surface area (Å²) in [6, 6.07) is 8.40. The van der Waals surface area contributed by atoms with Crippen LogP contribution in [0.3, 0.4) is 0 Å². The first-order valence-electron chi connectivity index (χ1n) is 5.56. The normalized spacial score (nSPS) is 11.2. The Labute approximate surface area is 135 Å². The van der Waals surface area contributed by atoms with Gasteiger partial charge in [-0.25, -0.2) is 9.37 Å². The second-order valence-corrected chi connectivity index (χ2v) is 6.33. The molecule has 20 heavy (non-hydrogen) atoms. The number of benzene rings is 2. The summed E-state index contributed by atoms with van der Waals surface area (Å²) in [5, 5.41) is 0.519. The Morgan fingerprint density at radius 3 is 2.65 bits per heavy atom. The van der Waals surface area contributed by atoms with Crippen molar-refractivity contribution >= 4 is 60.4 Å². The summed E-state index contributed by atoms with van der Waals surface area (Å²) in [6.07, 6.45) is 0. The van der Waals surface area contributed by atoms with Gasteiger partial charge in [-0.1, -0.05) is 27.5 Å². The predicted molar refractivity (Wildman–Crippen MR) is 85.9 cm³/mol. The molecule has 1 aromatic heterocycles. The molecule has 0 saturated heterocycles. The van der Waals surface area contributed by atoms with Gasteiger partial charge in [0.25, 0.3) is 0 Å². The fourth-order valence-electron chi connectivity index (χ4n) is 2.01. The van der Waals surface area contributed by atoms with Gasteiger partial charge in [0.2, 0.25) is 5.95 Å². The zero-order chi connectivity index (χ0) is 14.4. The Morgan fingerprint density at radius 2 is 1.95 bits per heavy atom. The minimum atomic E-state index is -0.385. The number of imidazole rings is 1. The molecule has 0 radical (unpaired) electrons. The average molecular weight is 419 g/mol. The van der Waals surface area contributed by atoms with Crippen molar-refractivity contribution in [1.29, 1.82) is 0 Å². The molecule has 0 atom stereocenters. The fourth-order valence-corrected chi connectivity index (χ4v) is 3.10. The molecule has 3 aromatic rings. The first kappa shape index (κ1) is 13.9. The molecule has 0 amide bonds. The number of anilines is 1. The summed E-state index contributed by atoms with van der Waals surface area (Å²) in [4.78, 5) is 4.16. The highest BCUT2D eigenvalue weighted by atomic mass is 79.9. The largest absolute Gasteiger partial charge is 0.369 e. The third-order valence-corrected chi connectivity index (χ3v) is 4.28. The lowest BCUT2D eigenvalue weighted by Crippen LogP contribution is -2.01. The van der Waals surface area contributed by atoms with E-state index in [1.165, 1.54) is 6.07 Å². The molecular weight excluding hydrogens is 412 g/mol. The molecule has 3 nitrogen and oxygen atoms in total. The fraction of sp³-hybridized carbons (Fsp3) is 0. The average Bonchev–Trinajstić information content (AvgIpc) is 2.66. The van der Waals surface area contributed by atoms with E-state index in [0.29, 0.717) is 26.2 Å². The molecule has 102 valence electrons. The molecular formula is C13H7Br2ClFN3. The van der Waals surface area contributed by atoms with Gasteiger partial charge in [0.15, 0.2) is 0 Å². The molecule has 0 fully saturated rings. The van der Waals surface area contributed by atoms with Crippen molar-refractivity contribution in [1.82, 2.24) is 9.55 Å². The molecule has 0 bridgehead atoms. The van der Waals surface area contributed by atoms with Crippen LogP contribution in [0.25, 0.3) is 16.7 Å². The van der Waals surface area contributed by atoms with Crippen molar-refractivity contribution in [2.45, 2.75) is 0 Å². The molecule has 3 rings (SSSR count). The Balaban J connectivity index is 2.35. The maximum absolute atomic E-state index is 13.6. The van der Waals surface area contributed by atoms with Gasteiger partial charge in [0.1, 0.15) is 5.82 Å². The van der Waals surface area contributed by atoms with Gasteiger partial charge in [0.05, 0.1) is 26.2 Å². The SMILES string of the molecule is Nc1nc2cc(F)c(Br)cc2n1-c1ccc(Br)cc1Cl.